The van der Waals surface area contributed by atoms with Crippen molar-refractivity contribution in [2.75, 3.05) is 12.5 Å². The van der Waals surface area contributed by atoms with E-state index in [1.807, 2.05) is 0 Å². The Kier molecular flexibility index (Phi) is 4.55. The maximum atomic E-state index is 12.8. The molecule has 0 aliphatic heterocycles. The van der Waals surface area contributed by atoms with Crippen molar-refractivity contribution in [2.45, 2.75) is 6.18 Å². The molecule has 0 heterocycles. The van der Waals surface area contributed by atoms with E-state index in [-0.39, 0.29) is 11.4 Å². The summed E-state index contributed by atoms with van der Waals surface area (Å²) in [6, 6.07) is 9.47. The Morgan fingerprint density at radius 3 is 2.59 bits per heavy atom. The molecule has 0 aliphatic rings. The Morgan fingerprint density at radius 1 is 1.18 bits per heavy atom. The van der Waals surface area contributed by atoms with Crippen LogP contribution in [0.25, 0.3) is 0 Å². The van der Waals surface area contributed by atoms with Crippen molar-refractivity contribution in [1.82, 2.24) is 0 Å². The van der Waals surface area contributed by atoms with Crippen molar-refractivity contribution >= 4 is 11.9 Å². The number of methoxy groups -OCH3 is 1. The summed E-state index contributed by atoms with van der Waals surface area (Å²) in [4.78, 5) is 0. The Labute approximate surface area is 124 Å². The van der Waals surface area contributed by atoms with E-state index in [9.17, 15) is 18.3 Å². The summed E-state index contributed by atoms with van der Waals surface area (Å²) in [5, 5.41) is 13.4. The van der Waals surface area contributed by atoms with Crippen LogP contribution in [-0.4, -0.2) is 18.4 Å². The minimum absolute atomic E-state index is 0.0598. The molecule has 0 bridgehead atoms. The molecule has 2 aromatic rings. The van der Waals surface area contributed by atoms with Crippen LogP contribution in [0.4, 0.5) is 18.9 Å². The summed E-state index contributed by atoms with van der Waals surface area (Å²) in [5.41, 5.74) is 1.66. The molecule has 0 spiro atoms. The van der Waals surface area contributed by atoms with Gasteiger partial charge in [0.25, 0.3) is 0 Å². The number of nitrogens with one attached hydrogen (secondary N) is 1. The highest BCUT2D eigenvalue weighted by Gasteiger charge is 2.33. The molecule has 22 heavy (non-hydrogen) atoms. The fourth-order valence-corrected chi connectivity index (χ4v) is 1.76. The zero-order chi connectivity index (χ0) is 16.2. The number of para-hydroxylation sites is 1. The molecule has 0 aliphatic carbocycles. The first-order valence-electron chi connectivity index (χ1n) is 6.24. The molecule has 0 unspecified atom stereocenters. The van der Waals surface area contributed by atoms with Gasteiger partial charge in [-0.1, -0.05) is 12.1 Å². The van der Waals surface area contributed by atoms with E-state index in [1.165, 1.54) is 43.7 Å². The maximum Gasteiger partial charge on any atom is 0.418 e. The van der Waals surface area contributed by atoms with Crippen LogP contribution < -0.4 is 10.2 Å². The number of phenols is 1. The van der Waals surface area contributed by atoms with Gasteiger partial charge < -0.3 is 9.84 Å². The molecule has 4 nitrogen and oxygen atoms in total. The number of aromatic hydroxyl groups is 1. The number of rotatable bonds is 4. The van der Waals surface area contributed by atoms with Crippen molar-refractivity contribution in [3.63, 3.8) is 0 Å². The first kappa shape index (κ1) is 15.7. The molecule has 0 saturated heterocycles. The smallest absolute Gasteiger partial charge is 0.418 e. The molecule has 0 saturated carbocycles. The van der Waals surface area contributed by atoms with E-state index in [2.05, 4.69) is 10.5 Å². The van der Waals surface area contributed by atoms with Gasteiger partial charge >= 0.3 is 6.18 Å². The van der Waals surface area contributed by atoms with E-state index >= 15 is 0 Å². The fourth-order valence-electron chi connectivity index (χ4n) is 1.76. The van der Waals surface area contributed by atoms with Crippen LogP contribution in [0.5, 0.6) is 11.5 Å². The summed E-state index contributed by atoms with van der Waals surface area (Å²) in [6.07, 6.45) is -3.26. The largest absolute Gasteiger partial charge is 0.507 e. The number of benzene rings is 2. The predicted molar refractivity (Wildman–Crippen MR) is 77.3 cm³/mol. The van der Waals surface area contributed by atoms with E-state index in [4.69, 9.17) is 4.74 Å². The van der Waals surface area contributed by atoms with Crippen molar-refractivity contribution < 1.29 is 23.0 Å². The van der Waals surface area contributed by atoms with Crippen LogP contribution in [0.2, 0.25) is 0 Å². The first-order chi connectivity index (χ1) is 10.4. The molecule has 0 radical (unpaired) electrons. The van der Waals surface area contributed by atoms with Crippen LogP contribution >= 0.6 is 0 Å². The van der Waals surface area contributed by atoms with Gasteiger partial charge in [0.15, 0.2) is 0 Å². The lowest BCUT2D eigenvalue weighted by atomic mass is 10.2. The molecule has 2 aromatic carbocycles. The Morgan fingerprint density at radius 2 is 1.91 bits per heavy atom. The van der Waals surface area contributed by atoms with Crippen LogP contribution in [0.1, 0.15) is 11.1 Å². The zero-order valence-electron chi connectivity index (χ0n) is 11.6. The minimum Gasteiger partial charge on any atom is -0.507 e. The lowest BCUT2D eigenvalue weighted by Gasteiger charge is -2.11. The van der Waals surface area contributed by atoms with Crippen LogP contribution in [-0.2, 0) is 6.18 Å². The topological polar surface area (TPSA) is 53.9 Å². The predicted octanol–water partition coefficient (Wildman–Crippen LogP) is 3.87. The van der Waals surface area contributed by atoms with Crippen molar-refractivity contribution in [3.05, 3.63) is 53.6 Å². The van der Waals surface area contributed by atoms with E-state index in [0.717, 1.165) is 6.07 Å². The first-order valence-corrected chi connectivity index (χ1v) is 6.24. The number of alkyl halides is 3. The quantitative estimate of drug-likeness (QED) is 0.666. The van der Waals surface area contributed by atoms with Gasteiger partial charge in [-0.2, -0.15) is 18.3 Å². The number of hydrogen-bond acceptors (Lipinski definition) is 4. The summed E-state index contributed by atoms with van der Waals surface area (Å²) in [7, 11) is 1.46. The molecule has 0 fully saturated rings. The summed E-state index contributed by atoms with van der Waals surface area (Å²) >= 11 is 0. The number of nitrogens with zero attached hydrogens (tertiary/aromatic N) is 1. The third kappa shape index (κ3) is 3.69. The molecule has 0 atom stereocenters. The number of halogens is 3. The van der Waals surface area contributed by atoms with Crippen molar-refractivity contribution in [2.24, 2.45) is 5.10 Å². The number of ether oxygens (including phenoxy) is 1. The molecule has 0 amide bonds. The van der Waals surface area contributed by atoms with Crippen molar-refractivity contribution in [3.8, 4) is 11.5 Å². The summed E-state index contributed by atoms with van der Waals surface area (Å²) < 4.78 is 43.4. The number of phenolic OH excluding ortho intramolecular Hbond substituents is 1. The fraction of sp³-hybridized carbons (Fsp3) is 0.133. The Hall–Kier alpha value is -2.70. The Balaban J connectivity index is 2.20. The van der Waals surface area contributed by atoms with E-state index < -0.39 is 11.7 Å². The average molecular weight is 310 g/mol. The Bertz CT molecular complexity index is 685. The third-order valence-corrected chi connectivity index (χ3v) is 2.86. The average Bonchev–Trinajstić information content (AvgIpc) is 2.48. The minimum atomic E-state index is -4.47. The third-order valence-electron chi connectivity index (χ3n) is 2.86. The molecule has 7 heteroatoms. The molecule has 2 N–H and O–H groups in total. The summed E-state index contributed by atoms with van der Waals surface area (Å²) in [5.74, 6) is 0.436. The van der Waals surface area contributed by atoms with E-state index in [0.29, 0.717) is 11.3 Å². The lowest BCUT2D eigenvalue weighted by molar-refractivity contribution is -0.136. The highest BCUT2D eigenvalue weighted by molar-refractivity contribution is 5.84. The SMILES string of the molecule is COc1ccc(O)c(/C=N/Nc2ccccc2C(F)(F)F)c1. The highest BCUT2D eigenvalue weighted by atomic mass is 19.4. The molecule has 116 valence electrons. The molecule has 0 aromatic heterocycles. The van der Waals surface area contributed by atoms with Gasteiger partial charge in [0.1, 0.15) is 11.5 Å². The second kappa shape index (κ2) is 6.38. The van der Waals surface area contributed by atoms with E-state index in [1.54, 1.807) is 6.07 Å². The number of anilines is 1. The lowest BCUT2D eigenvalue weighted by Crippen LogP contribution is -2.08. The monoisotopic (exact) mass is 310 g/mol. The second-order valence-corrected chi connectivity index (χ2v) is 4.34. The zero-order valence-corrected chi connectivity index (χ0v) is 11.6. The maximum absolute atomic E-state index is 12.8. The summed E-state index contributed by atoms with van der Waals surface area (Å²) in [6.45, 7) is 0. The van der Waals surface area contributed by atoms with Gasteiger partial charge in [-0.05, 0) is 30.3 Å². The van der Waals surface area contributed by atoms with Gasteiger partial charge in [0.2, 0.25) is 0 Å². The van der Waals surface area contributed by atoms with Gasteiger partial charge in [-0.25, -0.2) is 0 Å². The molecular formula is C15H13F3N2O2. The van der Waals surface area contributed by atoms with Crippen LogP contribution in [0.3, 0.4) is 0 Å². The second-order valence-electron chi connectivity index (χ2n) is 4.34. The van der Waals surface area contributed by atoms with Gasteiger partial charge in [0.05, 0.1) is 24.6 Å². The number of hydrogen-bond donors (Lipinski definition) is 2. The van der Waals surface area contributed by atoms with Crippen molar-refractivity contribution in [1.29, 1.82) is 0 Å². The van der Waals surface area contributed by atoms with Gasteiger partial charge in [-0.15, -0.1) is 0 Å². The number of hydrazone groups is 1. The molecule has 2 rings (SSSR count). The van der Waals surface area contributed by atoms with Gasteiger partial charge in [-0.3, -0.25) is 5.43 Å². The normalized spacial score (nSPS) is 11.6. The highest BCUT2D eigenvalue weighted by Crippen LogP contribution is 2.34. The van der Waals surface area contributed by atoms with Crippen LogP contribution in [0, 0.1) is 0 Å². The van der Waals surface area contributed by atoms with Crippen LogP contribution in [0.15, 0.2) is 47.6 Å². The van der Waals surface area contributed by atoms with Gasteiger partial charge in [0, 0.05) is 5.56 Å². The molecular weight excluding hydrogens is 297 g/mol. The standard InChI is InChI=1S/C15H13F3N2O2/c1-22-11-6-7-14(21)10(8-11)9-19-20-13-5-3-2-4-12(13)15(16,17)18/h2-9,20-21H,1H3/b19-9+.